The van der Waals surface area contributed by atoms with E-state index in [1.807, 2.05) is 0 Å². The summed E-state index contributed by atoms with van der Waals surface area (Å²) in [5.74, 6) is -0.231. The van der Waals surface area contributed by atoms with Gasteiger partial charge in [-0.3, -0.25) is 4.79 Å². The van der Waals surface area contributed by atoms with Crippen LogP contribution in [0.4, 0.5) is 0 Å². The van der Waals surface area contributed by atoms with Crippen molar-refractivity contribution in [3.05, 3.63) is 55.1 Å². The lowest BCUT2D eigenvalue weighted by Crippen LogP contribution is -2.60. The van der Waals surface area contributed by atoms with E-state index in [9.17, 15) is 24.9 Å². The average Bonchev–Trinajstić information content (AvgIpc) is 3.29. The fourth-order valence-electron chi connectivity index (χ4n) is 3.47. The monoisotopic (exact) mass is 506 g/mol. The molecule has 0 saturated carbocycles. The maximum atomic E-state index is 12.2. The van der Waals surface area contributed by atoms with Crippen molar-refractivity contribution in [2.24, 2.45) is 0 Å². The summed E-state index contributed by atoms with van der Waals surface area (Å²) in [6, 6.07) is 5.08. The molecule has 3 rings (SSSR count). The van der Waals surface area contributed by atoms with Gasteiger partial charge in [-0.05, 0) is 23.8 Å². The van der Waals surface area contributed by atoms with Gasteiger partial charge in [0.15, 0.2) is 17.8 Å². The highest BCUT2D eigenvalue weighted by atomic mass is 16.7. The number of carbonyl (C=O) groups is 2. The topological polar surface area (TPSA) is 150 Å². The van der Waals surface area contributed by atoms with Crippen LogP contribution in [0.15, 0.2) is 49.6 Å². The van der Waals surface area contributed by atoms with Crippen molar-refractivity contribution in [1.82, 2.24) is 0 Å². The van der Waals surface area contributed by atoms with Crippen molar-refractivity contribution >= 4 is 18.0 Å². The third-order valence-corrected chi connectivity index (χ3v) is 5.30. The van der Waals surface area contributed by atoms with Crippen LogP contribution >= 0.6 is 0 Å². The zero-order chi connectivity index (χ0) is 26.1. The van der Waals surface area contributed by atoms with Crippen LogP contribution in [-0.2, 0) is 28.5 Å². The summed E-state index contributed by atoms with van der Waals surface area (Å²) in [4.78, 5) is 23.5. The molecule has 2 heterocycles. The van der Waals surface area contributed by atoms with E-state index in [-0.39, 0.29) is 19.6 Å². The molecule has 36 heavy (non-hydrogen) atoms. The van der Waals surface area contributed by atoms with Crippen molar-refractivity contribution in [3.8, 4) is 11.5 Å². The first-order valence-corrected chi connectivity index (χ1v) is 11.3. The van der Waals surface area contributed by atoms with Crippen molar-refractivity contribution in [1.29, 1.82) is 0 Å². The molecule has 1 aromatic rings. The number of hydrogen-bond acceptors (Lipinski definition) is 11. The van der Waals surface area contributed by atoms with E-state index in [2.05, 4.69) is 13.2 Å². The normalized spacial score (nSPS) is 27.9. The van der Waals surface area contributed by atoms with Gasteiger partial charge >= 0.3 is 11.9 Å². The van der Waals surface area contributed by atoms with E-state index in [1.54, 1.807) is 30.4 Å². The van der Waals surface area contributed by atoms with Crippen LogP contribution in [0.3, 0.4) is 0 Å². The Balaban J connectivity index is 1.57. The number of aliphatic hydroxyl groups is 3. The van der Waals surface area contributed by atoms with Gasteiger partial charge in [0.2, 0.25) is 0 Å². The minimum atomic E-state index is -1.61. The Morgan fingerprint density at radius 1 is 1.06 bits per heavy atom. The molecule has 0 bridgehead atoms. The van der Waals surface area contributed by atoms with E-state index in [0.717, 1.165) is 0 Å². The molecular formula is C25H30O11. The van der Waals surface area contributed by atoms with Crippen molar-refractivity contribution in [2.75, 3.05) is 26.4 Å². The van der Waals surface area contributed by atoms with E-state index in [0.29, 0.717) is 23.7 Å². The molecule has 2 saturated heterocycles. The zero-order valence-corrected chi connectivity index (χ0v) is 19.6. The molecule has 0 amide bonds. The second kappa shape index (κ2) is 13.2. The molecule has 3 N–H and O–H groups in total. The van der Waals surface area contributed by atoms with Gasteiger partial charge in [-0.15, -0.1) is 0 Å². The van der Waals surface area contributed by atoms with Gasteiger partial charge in [-0.2, -0.15) is 0 Å². The van der Waals surface area contributed by atoms with Crippen LogP contribution in [-0.4, -0.2) is 90.5 Å². The average molecular weight is 507 g/mol. The highest BCUT2D eigenvalue weighted by molar-refractivity contribution is 5.87. The van der Waals surface area contributed by atoms with Crippen molar-refractivity contribution in [3.63, 3.8) is 0 Å². The molecular weight excluding hydrogens is 476 g/mol. The largest absolute Gasteiger partial charge is 0.486 e. The van der Waals surface area contributed by atoms with E-state index in [4.69, 9.17) is 28.4 Å². The van der Waals surface area contributed by atoms with Gasteiger partial charge < -0.3 is 43.7 Å². The van der Waals surface area contributed by atoms with Gasteiger partial charge in [-0.1, -0.05) is 31.4 Å². The van der Waals surface area contributed by atoms with Crippen LogP contribution < -0.4 is 9.47 Å². The predicted octanol–water partition coefficient (Wildman–Crippen LogP) is 0.512. The Bertz CT molecular complexity index is 959. The number of aliphatic hydroxyl groups excluding tert-OH is 3. The second-order valence-corrected chi connectivity index (χ2v) is 8.03. The lowest BCUT2D eigenvalue weighted by Gasteiger charge is -2.40. The molecule has 0 aliphatic carbocycles. The fourth-order valence-corrected chi connectivity index (χ4v) is 3.47. The Kier molecular flexibility index (Phi) is 10.0. The maximum absolute atomic E-state index is 12.2. The highest BCUT2D eigenvalue weighted by Gasteiger charge is 2.46. The van der Waals surface area contributed by atoms with Gasteiger partial charge in [0.05, 0.1) is 6.42 Å². The maximum Gasteiger partial charge on any atom is 0.330 e. The van der Waals surface area contributed by atoms with Crippen LogP contribution in [0.1, 0.15) is 12.0 Å². The molecule has 2 aliphatic heterocycles. The smallest absolute Gasteiger partial charge is 0.330 e. The molecule has 11 nitrogen and oxygen atoms in total. The van der Waals surface area contributed by atoms with Crippen LogP contribution in [0.5, 0.6) is 11.5 Å². The minimum Gasteiger partial charge on any atom is -0.486 e. The third kappa shape index (κ3) is 7.39. The molecule has 0 unspecified atom stereocenters. The SMILES string of the molecule is C=CCOc1ccc(/C=C/C(=O)OC[C@H]2O[C@@H](O[C@H]3COC(=O)C3)[C@H](O)[C@@H](O)[C@@H]2O)cc1OCC=C. The first kappa shape index (κ1) is 27.4. The molecule has 0 radical (unpaired) electrons. The summed E-state index contributed by atoms with van der Waals surface area (Å²) in [6.07, 6.45) is -2.08. The molecule has 0 spiro atoms. The number of ether oxygens (including phenoxy) is 6. The number of benzene rings is 1. The quantitative estimate of drug-likeness (QED) is 0.207. The lowest BCUT2D eigenvalue weighted by molar-refractivity contribution is -0.311. The van der Waals surface area contributed by atoms with Crippen LogP contribution in [0.25, 0.3) is 6.08 Å². The molecule has 2 fully saturated rings. The lowest BCUT2D eigenvalue weighted by atomic mass is 9.99. The summed E-state index contributed by atoms with van der Waals surface area (Å²) >= 11 is 0. The number of carbonyl (C=O) groups excluding carboxylic acids is 2. The number of rotatable bonds is 12. The summed E-state index contributed by atoms with van der Waals surface area (Å²) < 4.78 is 32.1. The molecule has 6 atom stereocenters. The molecule has 1 aromatic carbocycles. The van der Waals surface area contributed by atoms with Crippen molar-refractivity contribution in [2.45, 2.75) is 43.2 Å². The first-order valence-electron chi connectivity index (χ1n) is 11.3. The number of hydrogen-bond donors (Lipinski definition) is 3. The predicted molar refractivity (Wildman–Crippen MR) is 125 cm³/mol. The molecule has 11 heteroatoms. The summed E-state index contributed by atoms with van der Waals surface area (Å²) in [6.45, 7) is 7.34. The Labute approximate surface area is 208 Å². The minimum absolute atomic E-state index is 0.0176. The standard InChI is InChI=1S/C25H30O11/c1-3-9-31-17-7-5-15(11-18(17)32-10-4-2)6-8-20(26)34-14-19-22(28)23(29)24(30)25(36-19)35-16-12-21(27)33-13-16/h3-8,11,16,19,22-25,28-30H,1-2,9-10,12-14H2/b8-6+/t16-,19-,22-,23+,24-,25-/m1/s1. The summed E-state index contributed by atoms with van der Waals surface area (Å²) in [5.41, 5.74) is 0.631. The van der Waals surface area contributed by atoms with Gasteiger partial charge in [0.1, 0.15) is 56.9 Å². The third-order valence-electron chi connectivity index (χ3n) is 5.30. The van der Waals surface area contributed by atoms with Gasteiger partial charge in [0.25, 0.3) is 0 Å². The Hall–Kier alpha value is -3.22. The summed E-state index contributed by atoms with van der Waals surface area (Å²) in [5, 5.41) is 30.5. The number of esters is 2. The van der Waals surface area contributed by atoms with Crippen LogP contribution in [0.2, 0.25) is 0 Å². The fraction of sp³-hybridized carbons (Fsp3) is 0.440. The van der Waals surface area contributed by atoms with Crippen LogP contribution in [0, 0.1) is 0 Å². The Morgan fingerprint density at radius 3 is 2.44 bits per heavy atom. The molecule has 0 aromatic heterocycles. The van der Waals surface area contributed by atoms with Gasteiger partial charge in [0, 0.05) is 6.08 Å². The van der Waals surface area contributed by atoms with Crippen molar-refractivity contribution < 1.29 is 53.3 Å². The van der Waals surface area contributed by atoms with E-state index < -0.39 is 55.4 Å². The summed E-state index contributed by atoms with van der Waals surface area (Å²) in [7, 11) is 0. The first-order chi connectivity index (χ1) is 17.3. The second-order valence-electron chi connectivity index (χ2n) is 8.03. The molecule has 196 valence electrons. The van der Waals surface area contributed by atoms with Gasteiger partial charge in [-0.25, -0.2) is 4.79 Å². The number of cyclic esters (lactones) is 1. The van der Waals surface area contributed by atoms with E-state index >= 15 is 0 Å². The highest BCUT2D eigenvalue weighted by Crippen LogP contribution is 2.29. The Morgan fingerprint density at radius 2 is 1.78 bits per heavy atom. The zero-order valence-electron chi connectivity index (χ0n) is 19.6. The van der Waals surface area contributed by atoms with E-state index in [1.165, 1.54) is 12.2 Å². The molecule has 2 aliphatic rings.